The van der Waals surface area contributed by atoms with Crippen LogP contribution < -0.4 is 0 Å². The van der Waals surface area contributed by atoms with Crippen LogP contribution in [0.15, 0.2) is 0 Å². The second-order valence-electron chi connectivity index (χ2n) is 3.17. The van der Waals surface area contributed by atoms with E-state index in [4.69, 9.17) is 16.7 Å². The number of hydrogen-bond acceptors (Lipinski definition) is 2. The van der Waals surface area contributed by atoms with Gasteiger partial charge in [-0.05, 0) is 19.4 Å². The number of piperidine rings is 1. The molecule has 0 aliphatic carbocycles. The Morgan fingerprint density at radius 1 is 1.58 bits per heavy atom. The van der Waals surface area contributed by atoms with Gasteiger partial charge in [-0.3, -0.25) is 9.69 Å². The predicted octanol–water partition coefficient (Wildman–Crippen LogP) is 1.16. The van der Waals surface area contributed by atoms with E-state index in [1.807, 2.05) is 4.90 Å². The number of rotatable bonds is 3. The minimum Gasteiger partial charge on any atom is -0.480 e. The van der Waals surface area contributed by atoms with Crippen LogP contribution in [-0.2, 0) is 4.79 Å². The van der Waals surface area contributed by atoms with Crippen LogP contribution in [0.1, 0.15) is 19.3 Å². The Labute approximate surface area is 77.3 Å². The zero-order valence-electron chi connectivity index (χ0n) is 7.00. The summed E-state index contributed by atoms with van der Waals surface area (Å²) >= 11 is 5.72. The fourth-order valence-electron chi connectivity index (χ4n) is 1.62. The average molecular weight is 192 g/mol. The molecule has 4 heteroatoms. The van der Waals surface area contributed by atoms with Crippen molar-refractivity contribution in [1.82, 2.24) is 4.90 Å². The quantitative estimate of drug-likeness (QED) is 0.681. The molecule has 1 saturated heterocycles. The van der Waals surface area contributed by atoms with Gasteiger partial charge in [-0.1, -0.05) is 6.42 Å². The van der Waals surface area contributed by atoms with Gasteiger partial charge in [0.2, 0.25) is 0 Å². The van der Waals surface area contributed by atoms with Crippen LogP contribution in [0.4, 0.5) is 0 Å². The van der Waals surface area contributed by atoms with E-state index in [0.29, 0.717) is 5.88 Å². The lowest BCUT2D eigenvalue weighted by Gasteiger charge is -2.32. The summed E-state index contributed by atoms with van der Waals surface area (Å²) in [5.41, 5.74) is 0. The van der Waals surface area contributed by atoms with Gasteiger partial charge in [-0.2, -0.15) is 0 Å². The third kappa shape index (κ3) is 2.64. The van der Waals surface area contributed by atoms with Crippen LogP contribution in [-0.4, -0.2) is 41.0 Å². The second kappa shape index (κ2) is 4.67. The third-order valence-corrected chi connectivity index (χ3v) is 2.62. The minimum absolute atomic E-state index is 0.136. The number of carboxylic acid groups (broad SMARTS) is 1. The number of nitrogens with zero attached hydrogens (tertiary/aromatic N) is 1. The first-order chi connectivity index (χ1) is 5.74. The summed E-state index contributed by atoms with van der Waals surface area (Å²) < 4.78 is 0. The molecule has 0 aromatic carbocycles. The van der Waals surface area contributed by atoms with Gasteiger partial charge < -0.3 is 5.11 Å². The van der Waals surface area contributed by atoms with Crippen molar-refractivity contribution in [2.45, 2.75) is 25.3 Å². The minimum atomic E-state index is -0.757. The third-order valence-electron chi connectivity index (χ3n) is 2.27. The van der Waals surface area contributed by atoms with E-state index >= 15 is 0 Å². The molecule has 0 bridgehead atoms. The number of carboxylic acids is 1. The number of aliphatic carboxylic acids is 1. The Morgan fingerprint density at radius 2 is 2.33 bits per heavy atom. The van der Waals surface area contributed by atoms with Crippen molar-refractivity contribution in [2.75, 3.05) is 19.0 Å². The van der Waals surface area contributed by atoms with Crippen LogP contribution in [0.2, 0.25) is 0 Å². The van der Waals surface area contributed by atoms with E-state index in [1.54, 1.807) is 0 Å². The van der Waals surface area contributed by atoms with Crippen LogP contribution in [0, 0.1) is 0 Å². The van der Waals surface area contributed by atoms with Gasteiger partial charge in [0, 0.05) is 11.9 Å². The molecule has 0 spiro atoms. The van der Waals surface area contributed by atoms with Crippen molar-refractivity contribution in [3.05, 3.63) is 0 Å². The maximum Gasteiger partial charge on any atom is 0.317 e. The fraction of sp³-hybridized carbons (Fsp3) is 0.875. The van der Waals surface area contributed by atoms with Crippen LogP contribution in [0.25, 0.3) is 0 Å². The second-order valence-corrected chi connectivity index (χ2v) is 3.48. The first kappa shape index (κ1) is 9.81. The van der Waals surface area contributed by atoms with Crippen LogP contribution in [0.5, 0.6) is 0 Å². The molecular formula is C8H14ClNO2. The highest BCUT2D eigenvalue weighted by atomic mass is 35.5. The molecule has 12 heavy (non-hydrogen) atoms. The molecule has 1 heterocycles. The monoisotopic (exact) mass is 191 g/mol. The molecule has 1 aliphatic heterocycles. The standard InChI is InChI=1S/C8H14ClNO2/c9-5-7-3-1-2-4-10(7)6-8(11)12/h7H,1-6H2,(H,11,12). The summed E-state index contributed by atoms with van der Waals surface area (Å²) in [6, 6.07) is 0.275. The molecule has 0 saturated carbocycles. The SMILES string of the molecule is O=C(O)CN1CCCCC1CCl. The summed E-state index contributed by atoms with van der Waals surface area (Å²) in [6.45, 7) is 1.01. The molecule has 1 fully saturated rings. The van der Waals surface area contributed by atoms with Crippen molar-refractivity contribution in [3.8, 4) is 0 Å². The Morgan fingerprint density at radius 3 is 2.92 bits per heavy atom. The Hall–Kier alpha value is -0.280. The van der Waals surface area contributed by atoms with E-state index in [0.717, 1.165) is 19.4 Å². The van der Waals surface area contributed by atoms with Gasteiger partial charge in [-0.25, -0.2) is 0 Å². The lowest BCUT2D eigenvalue weighted by atomic mass is 10.0. The van der Waals surface area contributed by atoms with E-state index in [1.165, 1.54) is 6.42 Å². The van der Waals surface area contributed by atoms with E-state index in [2.05, 4.69) is 0 Å². The molecule has 0 amide bonds. The Bertz CT molecular complexity index is 163. The highest BCUT2D eigenvalue weighted by Gasteiger charge is 2.22. The van der Waals surface area contributed by atoms with E-state index in [9.17, 15) is 4.79 Å². The summed E-state index contributed by atoms with van der Waals surface area (Å²) in [5.74, 6) is -0.209. The molecule has 3 nitrogen and oxygen atoms in total. The molecule has 1 unspecified atom stereocenters. The van der Waals surface area contributed by atoms with Crippen molar-refractivity contribution >= 4 is 17.6 Å². The lowest BCUT2D eigenvalue weighted by Crippen LogP contribution is -2.43. The van der Waals surface area contributed by atoms with Crippen molar-refractivity contribution in [1.29, 1.82) is 0 Å². The maximum absolute atomic E-state index is 10.4. The summed E-state index contributed by atoms with van der Waals surface area (Å²) in [4.78, 5) is 12.4. The average Bonchev–Trinajstić information content (AvgIpc) is 2.04. The molecule has 0 aromatic rings. The molecule has 70 valence electrons. The van der Waals surface area contributed by atoms with Crippen molar-refractivity contribution in [3.63, 3.8) is 0 Å². The Kier molecular flexibility index (Phi) is 3.82. The molecule has 1 rings (SSSR count). The lowest BCUT2D eigenvalue weighted by molar-refractivity contribution is -0.139. The topological polar surface area (TPSA) is 40.5 Å². The highest BCUT2D eigenvalue weighted by molar-refractivity contribution is 6.18. The first-order valence-electron chi connectivity index (χ1n) is 4.26. The van der Waals surface area contributed by atoms with Gasteiger partial charge >= 0.3 is 5.97 Å². The molecule has 1 aliphatic rings. The van der Waals surface area contributed by atoms with Gasteiger partial charge in [0.1, 0.15) is 0 Å². The van der Waals surface area contributed by atoms with Gasteiger partial charge in [0.15, 0.2) is 0 Å². The van der Waals surface area contributed by atoms with Gasteiger partial charge in [-0.15, -0.1) is 11.6 Å². The summed E-state index contributed by atoms with van der Waals surface area (Å²) in [5, 5.41) is 8.59. The maximum atomic E-state index is 10.4. The van der Waals surface area contributed by atoms with Crippen molar-refractivity contribution < 1.29 is 9.90 Å². The molecule has 1 N–H and O–H groups in total. The number of carbonyl (C=O) groups is 1. The predicted molar refractivity (Wildman–Crippen MR) is 47.6 cm³/mol. The highest BCUT2D eigenvalue weighted by Crippen LogP contribution is 2.17. The molecule has 0 radical (unpaired) electrons. The smallest absolute Gasteiger partial charge is 0.317 e. The summed E-state index contributed by atoms with van der Waals surface area (Å²) in [7, 11) is 0. The number of likely N-dealkylation sites (tertiary alicyclic amines) is 1. The van der Waals surface area contributed by atoms with E-state index < -0.39 is 5.97 Å². The van der Waals surface area contributed by atoms with Crippen molar-refractivity contribution in [2.24, 2.45) is 0 Å². The van der Waals surface area contributed by atoms with Crippen LogP contribution in [0.3, 0.4) is 0 Å². The van der Waals surface area contributed by atoms with E-state index in [-0.39, 0.29) is 12.6 Å². The van der Waals surface area contributed by atoms with Gasteiger partial charge in [0.05, 0.1) is 6.54 Å². The largest absolute Gasteiger partial charge is 0.480 e. The molecular weight excluding hydrogens is 178 g/mol. The first-order valence-corrected chi connectivity index (χ1v) is 4.79. The molecule has 1 atom stereocenters. The number of hydrogen-bond donors (Lipinski definition) is 1. The Balaban J connectivity index is 2.41. The number of alkyl halides is 1. The molecule has 0 aromatic heterocycles. The number of halogens is 1. The normalized spacial score (nSPS) is 25.6. The summed E-state index contributed by atoms with van der Waals surface area (Å²) in [6.07, 6.45) is 3.31. The zero-order chi connectivity index (χ0) is 8.97. The fourth-order valence-corrected chi connectivity index (χ4v) is 1.97. The van der Waals surface area contributed by atoms with Gasteiger partial charge in [0.25, 0.3) is 0 Å². The zero-order valence-corrected chi connectivity index (χ0v) is 7.76. The van der Waals surface area contributed by atoms with Crippen LogP contribution >= 0.6 is 11.6 Å².